The van der Waals surface area contributed by atoms with Crippen molar-refractivity contribution in [3.8, 4) is 0 Å². The Morgan fingerprint density at radius 1 is 1.30 bits per heavy atom. The van der Waals surface area contributed by atoms with Gasteiger partial charge >= 0.3 is 0 Å². The van der Waals surface area contributed by atoms with Crippen LogP contribution in [0.2, 0.25) is 0 Å². The van der Waals surface area contributed by atoms with E-state index in [4.69, 9.17) is 0 Å². The van der Waals surface area contributed by atoms with E-state index in [1.54, 1.807) is 0 Å². The Kier molecular flexibility index (Phi) is 4.85. The zero-order chi connectivity index (χ0) is 15.6. The summed E-state index contributed by atoms with van der Waals surface area (Å²) in [6.07, 6.45) is 2.11. The summed E-state index contributed by atoms with van der Waals surface area (Å²) in [5, 5.41) is -0.727. The van der Waals surface area contributed by atoms with Crippen LogP contribution in [-0.2, 0) is 20.0 Å². The molecular weight excluding hydrogens is 309 g/mol. The first kappa shape index (κ1) is 17.0. The number of pyridine rings is 1. The van der Waals surface area contributed by atoms with E-state index in [2.05, 4.69) is 14.4 Å². The minimum atomic E-state index is -4.15. The Labute approximate surface area is 117 Å². The Hall–Kier alpha value is -1.10. The summed E-state index contributed by atoms with van der Waals surface area (Å²) in [4.78, 5) is 3.46. The third-order valence-electron chi connectivity index (χ3n) is 2.15. The van der Waals surface area contributed by atoms with Crippen molar-refractivity contribution in [2.45, 2.75) is 24.4 Å². The predicted octanol–water partition coefficient (Wildman–Crippen LogP) is -0.173. The summed E-state index contributed by atoms with van der Waals surface area (Å²) in [5.74, 6) is -0.978. The minimum absolute atomic E-state index is 0.252. The summed E-state index contributed by atoms with van der Waals surface area (Å²) < 4.78 is 63.8. The Morgan fingerprint density at radius 3 is 2.40 bits per heavy atom. The van der Waals surface area contributed by atoms with Gasteiger partial charge in [0.1, 0.15) is 0 Å². The van der Waals surface area contributed by atoms with Gasteiger partial charge in [0.05, 0.1) is 6.26 Å². The Bertz CT molecular complexity index is 686. The molecule has 20 heavy (non-hydrogen) atoms. The first-order valence-corrected chi connectivity index (χ1v) is 8.90. The van der Waals surface area contributed by atoms with Crippen molar-refractivity contribution in [2.24, 2.45) is 0 Å². The zero-order valence-corrected chi connectivity index (χ0v) is 12.8. The fourth-order valence-electron chi connectivity index (χ4n) is 1.45. The molecule has 1 heterocycles. The van der Waals surface area contributed by atoms with Crippen molar-refractivity contribution in [3.63, 3.8) is 0 Å². The highest BCUT2D eigenvalue weighted by atomic mass is 32.2. The first-order chi connectivity index (χ1) is 8.93. The molecule has 0 saturated heterocycles. The fraction of sp³-hybridized carbons (Fsp3) is 0.500. The molecule has 0 atom stereocenters. The van der Waals surface area contributed by atoms with Gasteiger partial charge in [0, 0.05) is 18.3 Å². The third-order valence-corrected chi connectivity index (χ3v) is 4.40. The van der Waals surface area contributed by atoms with Crippen LogP contribution in [0.3, 0.4) is 0 Å². The molecule has 0 spiro atoms. The van der Waals surface area contributed by atoms with Crippen LogP contribution in [0.15, 0.2) is 23.4 Å². The van der Waals surface area contributed by atoms with E-state index in [1.807, 2.05) is 0 Å². The van der Waals surface area contributed by atoms with Gasteiger partial charge in [-0.15, -0.1) is 0 Å². The van der Waals surface area contributed by atoms with Crippen LogP contribution in [0.25, 0.3) is 0 Å². The summed E-state index contributed by atoms with van der Waals surface area (Å²) in [6, 6.07) is 2.24. The molecule has 7 nitrogen and oxygen atoms in total. The highest BCUT2D eigenvalue weighted by Crippen LogP contribution is 2.11. The maximum atomic E-state index is 13.4. The van der Waals surface area contributed by atoms with E-state index in [1.165, 1.54) is 19.9 Å². The average molecular weight is 325 g/mol. The van der Waals surface area contributed by atoms with Crippen molar-refractivity contribution in [1.29, 1.82) is 0 Å². The van der Waals surface area contributed by atoms with Gasteiger partial charge in [0.25, 0.3) is 10.0 Å². The summed E-state index contributed by atoms with van der Waals surface area (Å²) in [5.41, 5.74) is -1.06. The van der Waals surface area contributed by atoms with Crippen LogP contribution < -0.4 is 9.44 Å². The second kappa shape index (κ2) is 5.72. The van der Waals surface area contributed by atoms with E-state index in [0.29, 0.717) is 0 Å². The maximum Gasteiger partial charge on any atom is 0.261 e. The number of hydrogen-bond acceptors (Lipinski definition) is 5. The van der Waals surface area contributed by atoms with Gasteiger partial charge in [-0.2, -0.15) is 0 Å². The fourth-order valence-corrected chi connectivity index (χ4v) is 3.74. The lowest BCUT2D eigenvalue weighted by Gasteiger charge is -2.25. The van der Waals surface area contributed by atoms with Crippen molar-refractivity contribution in [3.05, 3.63) is 24.1 Å². The van der Waals surface area contributed by atoms with Gasteiger partial charge in [-0.1, -0.05) is 0 Å². The van der Waals surface area contributed by atoms with Crippen molar-refractivity contribution in [1.82, 2.24) is 14.4 Å². The molecule has 0 aliphatic heterocycles. The van der Waals surface area contributed by atoms with Crippen LogP contribution in [-0.4, -0.2) is 40.2 Å². The molecule has 0 saturated carbocycles. The highest BCUT2D eigenvalue weighted by molar-refractivity contribution is 7.89. The van der Waals surface area contributed by atoms with E-state index < -0.39 is 36.4 Å². The number of halogens is 1. The number of nitrogens with one attached hydrogen (secondary N) is 2. The molecular formula is C10H16FN3O4S2. The molecule has 0 fully saturated rings. The summed E-state index contributed by atoms with van der Waals surface area (Å²) >= 11 is 0. The minimum Gasteiger partial charge on any atom is -0.241 e. The SMILES string of the molecule is CC(C)(CNS(=O)(=O)c1ncccc1F)NS(C)(=O)=O. The van der Waals surface area contributed by atoms with Gasteiger partial charge < -0.3 is 0 Å². The van der Waals surface area contributed by atoms with Gasteiger partial charge in [0.15, 0.2) is 5.82 Å². The molecule has 114 valence electrons. The van der Waals surface area contributed by atoms with Gasteiger partial charge in [-0.05, 0) is 26.0 Å². The smallest absolute Gasteiger partial charge is 0.241 e. The Morgan fingerprint density at radius 2 is 1.90 bits per heavy atom. The first-order valence-electron chi connectivity index (χ1n) is 5.52. The van der Waals surface area contributed by atoms with Crippen LogP contribution in [0, 0.1) is 5.82 Å². The van der Waals surface area contributed by atoms with Crippen LogP contribution in [0.4, 0.5) is 4.39 Å². The van der Waals surface area contributed by atoms with Crippen LogP contribution in [0.5, 0.6) is 0 Å². The third kappa shape index (κ3) is 5.12. The number of hydrogen-bond donors (Lipinski definition) is 2. The number of aromatic nitrogens is 1. The van der Waals surface area contributed by atoms with E-state index in [0.717, 1.165) is 18.5 Å². The number of nitrogens with zero attached hydrogens (tertiary/aromatic N) is 1. The molecule has 0 aliphatic rings. The molecule has 0 bridgehead atoms. The molecule has 0 radical (unpaired) electrons. The Balaban J connectivity index is 2.87. The monoisotopic (exact) mass is 325 g/mol. The number of rotatable bonds is 6. The second-order valence-electron chi connectivity index (χ2n) is 4.87. The topological polar surface area (TPSA) is 105 Å². The molecule has 0 aliphatic carbocycles. The molecule has 1 rings (SSSR count). The van der Waals surface area contributed by atoms with Gasteiger partial charge in [0.2, 0.25) is 15.0 Å². The highest BCUT2D eigenvalue weighted by Gasteiger charge is 2.27. The lowest BCUT2D eigenvalue weighted by Crippen LogP contribution is -2.51. The lowest BCUT2D eigenvalue weighted by atomic mass is 10.1. The molecule has 0 unspecified atom stereocenters. The predicted molar refractivity (Wildman–Crippen MR) is 71.4 cm³/mol. The van der Waals surface area contributed by atoms with Gasteiger partial charge in [-0.25, -0.2) is 35.7 Å². The molecule has 1 aromatic heterocycles. The summed E-state index contributed by atoms with van der Waals surface area (Å²) in [6.45, 7) is 2.73. The quantitative estimate of drug-likeness (QED) is 0.755. The molecule has 10 heteroatoms. The zero-order valence-electron chi connectivity index (χ0n) is 11.2. The maximum absolute atomic E-state index is 13.4. The van der Waals surface area contributed by atoms with E-state index in [9.17, 15) is 21.2 Å². The summed E-state index contributed by atoms with van der Waals surface area (Å²) in [7, 11) is -7.65. The molecule has 1 aromatic rings. The lowest BCUT2D eigenvalue weighted by molar-refractivity contribution is 0.444. The normalized spacial score (nSPS) is 13.4. The largest absolute Gasteiger partial charge is 0.261 e. The van der Waals surface area contributed by atoms with Crippen LogP contribution in [0.1, 0.15) is 13.8 Å². The van der Waals surface area contributed by atoms with Gasteiger partial charge in [-0.3, -0.25) is 0 Å². The standard InChI is InChI=1S/C10H16FN3O4S2/c1-10(2,14-19(3,15)16)7-13-20(17,18)9-8(11)5-4-6-12-9/h4-6,13-14H,7H2,1-3H3. The number of sulfonamides is 2. The van der Waals surface area contributed by atoms with Crippen molar-refractivity contribution < 1.29 is 21.2 Å². The van der Waals surface area contributed by atoms with Crippen molar-refractivity contribution in [2.75, 3.05) is 12.8 Å². The molecule has 0 aromatic carbocycles. The molecule has 0 amide bonds. The van der Waals surface area contributed by atoms with Crippen molar-refractivity contribution >= 4 is 20.0 Å². The van der Waals surface area contributed by atoms with E-state index >= 15 is 0 Å². The van der Waals surface area contributed by atoms with Crippen LogP contribution >= 0.6 is 0 Å². The second-order valence-corrected chi connectivity index (χ2v) is 8.30. The molecule has 2 N–H and O–H groups in total. The van der Waals surface area contributed by atoms with E-state index in [-0.39, 0.29) is 6.54 Å². The average Bonchev–Trinajstić information content (AvgIpc) is 2.24.